The van der Waals surface area contributed by atoms with Gasteiger partial charge in [-0.25, -0.2) is 0 Å². The third-order valence-electron chi connectivity index (χ3n) is 2.93. The highest BCUT2D eigenvalue weighted by Crippen LogP contribution is 2.14. The number of nitrogens with zero attached hydrogens (tertiary/aromatic N) is 1. The van der Waals surface area contributed by atoms with Crippen molar-refractivity contribution in [2.24, 2.45) is 0 Å². The SMILES string of the molecule is CCC1CN(Cc2ccc(CO)o2)CCO1. The number of aliphatic hydroxyl groups is 1. The summed E-state index contributed by atoms with van der Waals surface area (Å²) in [6.45, 7) is 5.63. The average molecular weight is 225 g/mol. The molecule has 0 saturated carbocycles. The summed E-state index contributed by atoms with van der Waals surface area (Å²) in [5.74, 6) is 1.55. The van der Waals surface area contributed by atoms with E-state index in [0.29, 0.717) is 11.9 Å². The van der Waals surface area contributed by atoms with E-state index in [0.717, 1.165) is 38.4 Å². The lowest BCUT2D eigenvalue weighted by Gasteiger charge is -2.31. The van der Waals surface area contributed by atoms with Crippen molar-refractivity contribution < 1.29 is 14.3 Å². The number of aliphatic hydroxyl groups excluding tert-OH is 1. The summed E-state index contributed by atoms with van der Waals surface area (Å²) >= 11 is 0. The lowest BCUT2D eigenvalue weighted by molar-refractivity contribution is -0.0343. The van der Waals surface area contributed by atoms with Gasteiger partial charge in [0.25, 0.3) is 0 Å². The maximum absolute atomic E-state index is 8.91. The molecule has 0 aromatic carbocycles. The van der Waals surface area contributed by atoms with Gasteiger partial charge in [0.1, 0.15) is 18.1 Å². The number of hydrogen-bond acceptors (Lipinski definition) is 4. The van der Waals surface area contributed by atoms with E-state index >= 15 is 0 Å². The minimum absolute atomic E-state index is 0.0271. The molecule has 0 bridgehead atoms. The second-order valence-corrected chi connectivity index (χ2v) is 4.16. The fourth-order valence-electron chi connectivity index (χ4n) is 1.98. The molecule has 1 aliphatic heterocycles. The van der Waals surface area contributed by atoms with Crippen LogP contribution < -0.4 is 0 Å². The van der Waals surface area contributed by atoms with Crippen LogP contribution in [-0.2, 0) is 17.9 Å². The van der Waals surface area contributed by atoms with Gasteiger partial charge in [0.15, 0.2) is 0 Å². The number of morpholine rings is 1. The molecule has 1 fully saturated rings. The van der Waals surface area contributed by atoms with Crippen LogP contribution in [0.4, 0.5) is 0 Å². The average Bonchev–Trinajstić information content (AvgIpc) is 2.77. The Balaban J connectivity index is 1.88. The van der Waals surface area contributed by atoms with Crippen molar-refractivity contribution in [3.63, 3.8) is 0 Å². The normalized spacial score (nSPS) is 22.5. The Morgan fingerprint density at radius 2 is 2.25 bits per heavy atom. The van der Waals surface area contributed by atoms with Crippen LogP contribution in [0, 0.1) is 0 Å². The predicted molar refractivity (Wildman–Crippen MR) is 59.9 cm³/mol. The monoisotopic (exact) mass is 225 g/mol. The molecule has 0 radical (unpaired) electrons. The van der Waals surface area contributed by atoms with Gasteiger partial charge in [-0.1, -0.05) is 6.92 Å². The third-order valence-corrected chi connectivity index (χ3v) is 2.93. The lowest BCUT2D eigenvalue weighted by Crippen LogP contribution is -2.41. The molecular weight excluding hydrogens is 206 g/mol. The molecule has 1 saturated heterocycles. The molecule has 1 aliphatic rings. The molecule has 16 heavy (non-hydrogen) atoms. The first-order valence-corrected chi connectivity index (χ1v) is 5.84. The number of furan rings is 1. The van der Waals surface area contributed by atoms with Crippen LogP contribution in [0.5, 0.6) is 0 Å². The summed E-state index contributed by atoms with van der Waals surface area (Å²) in [5.41, 5.74) is 0. The Kier molecular flexibility index (Phi) is 3.98. The molecular formula is C12H19NO3. The van der Waals surface area contributed by atoms with Crippen molar-refractivity contribution >= 4 is 0 Å². The first kappa shape index (κ1) is 11.6. The van der Waals surface area contributed by atoms with Gasteiger partial charge < -0.3 is 14.3 Å². The first-order valence-electron chi connectivity index (χ1n) is 5.84. The van der Waals surface area contributed by atoms with Gasteiger partial charge in [0.05, 0.1) is 19.3 Å². The van der Waals surface area contributed by atoms with E-state index < -0.39 is 0 Å². The first-order chi connectivity index (χ1) is 7.81. The molecule has 4 heteroatoms. The highest BCUT2D eigenvalue weighted by Gasteiger charge is 2.19. The maximum atomic E-state index is 8.91. The zero-order valence-electron chi connectivity index (χ0n) is 9.69. The molecule has 90 valence electrons. The summed E-state index contributed by atoms with van der Waals surface area (Å²) < 4.78 is 11.1. The zero-order valence-corrected chi connectivity index (χ0v) is 9.69. The van der Waals surface area contributed by atoms with Gasteiger partial charge in [-0.3, -0.25) is 4.90 Å². The Labute approximate surface area is 95.8 Å². The van der Waals surface area contributed by atoms with E-state index in [1.807, 2.05) is 12.1 Å². The number of rotatable bonds is 4. The van der Waals surface area contributed by atoms with Gasteiger partial charge in [-0.2, -0.15) is 0 Å². The van der Waals surface area contributed by atoms with Gasteiger partial charge in [-0.05, 0) is 18.6 Å². The number of ether oxygens (including phenoxy) is 1. The van der Waals surface area contributed by atoms with Crippen molar-refractivity contribution in [2.45, 2.75) is 32.6 Å². The molecule has 2 heterocycles. The molecule has 0 spiro atoms. The fourth-order valence-corrected chi connectivity index (χ4v) is 1.98. The second kappa shape index (κ2) is 5.48. The minimum Gasteiger partial charge on any atom is -0.462 e. The van der Waals surface area contributed by atoms with Crippen LogP contribution >= 0.6 is 0 Å². The smallest absolute Gasteiger partial charge is 0.129 e. The molecule has 0 amide bonds. The quantitative estimate of drug-likeness (QED) is 0.841. The summed E-state index contributed by atoms with van der Waals surface area (Å²) in [6, 6.07) is 3.76. The van der Waals surface area contributed by atoms with Crippen molar-refractivity contribution in [1.82, 2.24) is 4.90 Å². The summed E-state index contributed by atoms with van der Waals surface area (Å²) in [4.78, 5) is 2.33. The van der Waals surface area contributed by atoms with Crippen LogP contribution in [0.1, 0.15) is 24.9 Å². The summed E-state index contributed by atoms with van der Waals surface area (Å²) in [5, 5.41) is 8.91. The zero-order chi connectivity index (χ0) is 11.4. The third kappa shape index (κ3) is 2.84. The van der Waals surface area contributed by atoms with Crippen molar-refractivity contribution in [2.75, 3.05) is 19.7 Å². The molecule has 4 nitrogen and oxygen atoms in total. The fraction of sp³-hybridized carbons (Fsp3) is 0.667. The second-order valence-electron chi connectivity index (χ2n) is 4.16. The molecule has 1 aromatic heterocycles. The summed E-state index contributed by atoms with van der Waals surface area (Å²) in [6.07, 6.45) is 1.40. The Morgan fingerprint density at radius 1 is 1.44 bits per heavy atom. The highest BCUT2D eigenvalue weighted by atomic mass is 16.5. The Morgan fingerprint density at radius 3 is 2.94 bits per heavy atom. The molecule has 1 unspecified atom stereocenters. The summed E-state index contributed by atoms with van der Waals surface area (Å²) in [7, 11) is 0. The van der Waals surface area contributed by atoms with E-state index in [9.17, 15) is 0 Å². The molecule has 1 aromatic rings. The molecule has 1 N–H and O–H groups in total. The Bertz CT molecular complexity index is 324. The van der Waals surface area contributed by atoms with Gasteiger partial charge >= 0.3 is 0 Å². The molecule has 0 aliphatic carbocycles. The van der Waals surface area contributed by atoms with E-state index in [1.165, 1.54) is 0 Å². The van der Waals surface area contributed by atoms with E-state index in [-0.39, 0.29) is 6.61 Å². The van der Waals surface area contributed by atoms with E-state index in [1.54, 1.807) is 0 Å². The maximum Gasteiger partial charge on any atom is 0.129 e. The van der Waals surface area contributed by atoms with Gasteiger partial charge in [0.2, 0.25) is 0 Å². The van der Waals surface area contributed by atoms with Gasteiger partial charge in [0, 0.05) is 13.1 Å². The standard InChI is InChI=1S/C12H19NO3/c1-2-10-7-13(5-6-15-10)8-11-3-4-12(9-14)16-11/h3-4,10,14H,2,5-9H2,1H3. The highest BCUT2D eigenvalue weighted by molar-refractivity contribution is 5.06. The van der Waals surface area contributed by atoms with Crippen LogP contribution in [-0.4, -0.2) is 35.8 Å². The van der Waals surface area contributed by atoms with Crippen molar-refractivity contribution in [1.29, 1.82) is 0 Å². The minimum atomic E-state index is -0.0271. The van der Waals surface area contributed by atoms with E-state index in [2.05, 4.69) is 11.8 Å². The van der Waals surface area contributed by atoms with Crippen LogP contribution in [0.3, 0.4) is 0 Å². The van der Waals surface area contributed by atoms with Crippen LogP contribution in [0.2, 0.25) is 0 Å². The largest absolute Gasteiger partial charge is 0.462 e. The van der Waals surface area contributed by atoms with Gasteiger partial charge in [-0.15, -0.1) is 0 Å². The van der Waals surface area contributed by atoms with Crippen LogP contribution in [0.15, 0.2) is 16.5 Å². The van der Waals surface area contributed by atoms with Crippen LogP contribution in [0.25, 0.3) is 0 Å². The van der Waals surface area contributed by atoms with E-state index in [4.69, 9.17) is 14.3 Å². The lowest BCUT2D eigenvalue weighted by atomic mass is 10.2. The van der Waals surface area contributed by atoms with Crippen molar-refractivity contribution in [3.05, 3.63) is 23.7 Å². The Hall–Kier alpha value is -0.840. The molecule has 1 atom stereocenters. The topological polar surface area (TPSA) is 45.8 Å². The number of hydrogen-bond donors (Lipinski definition) is 1. The molecule has 2 rings (SSSR count). The predicted octanol–water partition coefficient (Wildman–Crippen LogP) is 1.38. The van der Waals surface area contributed by atoms with Crippen molar-refractivity contribution in [3.8, 4) is 0 Å².